The molecular formula is C11H12O3. The van der Waals surface area contributed by atoms with Crippen LogP contribution in [0.5, 0.6) is 5.75 Å². The van der Waals surface area contributed by atoms with E-state index < -0.39 is 0 Å². The van der Waals surface area contributed by atoms with Gasteiger partial charge >= 0.3 is 0 Å². The second kappa shape index (κ2) is 5.07. The fourth-order valence-corrected chi connectivity index (χ4v) is 1.13. The molecule has 0 aliphatic heterocycles. The summed E-state index contributed by atoms with van der Waals surface area (Å²) < 4.78 is 5.02. The Morgan fingerprint density at radius 3 is 3.00 bits per heavy atom. The van der Waals surface area contributed by atoms with Crippen LogP contribution < -0.4 is 4.74 Å². The molecule has 3 heteroatoms. The van der Waals surface area contributed by atoms with Gasteiger partial charge in [0.2, 0.25) is 0 Å². The third-order valence-electron chi connectivity index (χ3n) is 1.77. The Kier molecular flexibility index (Phi) is 3.73. The Balaban J connectivity index is 2.71. The molecule has 0 aliphatic carbocycles. The highest BCUT2D eigenvalue weighted by molar-refractivity contribution is 5.91. The van der Waals surface area contributed by atoms with Crippen molar-refractivity contribution in [1.29, 1.82) is 0 Å². The zero-order valence-corrected chi connectivity index (χ0v) is 7.93. The molecule has 0 aromatic heterocycles. The van der Waals surface area contributed by atoms with Crippen molar-refractivity contribution in [2.45, 2.75) is 6.42 Å². The van der Waals surface area contributed by atoms with Crippen LogP contribution in [-0.2, 0) is 11.2 Å². The van der Waals surface area contributed by atoms with Crippen LogP contribution in [0.25, 0.3) is 0 Å². The summed E-state index contributed by atoms with van der Waals surface area (Å²) in [7, 11) is 1.58. The van der Waals surface area contributed by atoms with Gasteiger partial charge in [-0.05, 0) is 17.7 Å². The van der Waals surface area contributed by atoms with E-state index in [0.29, 0.717) is 0 Å². The second-order valence-corrected chi connectivity index (χ2v) is 2.81. The van der Waals surface area contributed by atoms with Crippen LogP contribution in [0.2, 0.25) is 0 Å². The molecular weight excluding hydrogens is 180 g/mol. The number of aliphatic hydroxyl groups is 1. The number of benzene rings is 1. The number of methoxy groups -OCH3 is 1. The normalized spacial score (nSPS) is 10.4. The molecule has 74 valence electrons. The van der Waals surface area contributed by atoms with Crippen molar-refractivity contribution in [3.63, 3.8) is 0 Å². The molecule has 0 radical (unpaired) electrons. The number of allylic oxidation sites excluding steroid dienone is 1. The lowest BCUT2D eigenvalue weighted by Crippen LogP contribution is -1.98. The first kappa shape index (κ1) is 10.3. The largest absolute Gasteiger partial charge is 0.515 e. The van der Waals surface area contributed by atoms with Crippen molar-refractivity contribution >= 4 is 5.78 Å². The molecule has 0 atom stereocenters. The van der Waals surface area contributed by atoms with Gasteiger partial charge in [0, 0.05) is 12.5 Å². The van der Waals surface area contributed by atoms with Crippen molar-refractivity contribution in [2.24, 2.45) is 0 Å². The van der Waals surface area contributed by atoms with Gasteiger partial charge in [-0.1, -0.05) is 12.1 Å². The van der Waals surface area contributed by atoms with Gasteiger partial charge < -0.3 is 9.84 Å². The number of hydrogen-bond acceptors (Lipinski definition) is 3. The van der Waals surface area contributed by atoms with E-state index in [4.69, 9.17) is 9.84 Å². The fourth-order valence-electron chi connectivity index (χ4n) is 1.13. The Morgan fingerprint density at radius 2 is 2.36 bits per heavy atom. The van der Waals surface area contributed by atoms with Gasteiger partial charge in [0.15, 0.2) is 5.78 Å². The average molecular weight is 192 g/mol. The van der Waals surface area contributed by atoms with E-state index in [0.717, 1.165) is 23.7 Å². The van der Waals surface area contributed by atoms with Crippen LogP contribution in [0.1, 0.15) is 5.56 Å². The molecule has 0 spiro atoms. The van der Waals surface area contributed by atoms with Crippen LogP contribution >= 0.6 is 0 Å². The van der Waals surface area contributed by atoms with Gasteiger partial charge in [0.1, 0.15) is 5.75 Å². The first-order valence-corrected chi connectivity index (χ1v) is 4.23. The van der Waals surface area contributed by atoms with Crippen molar-refractivity contribution in [2.75, 3.05) is 7.11 Å². The molecule has 1 rings (SSSR count). The Labute approximate surface area is 82.6 Å². The number of carbonyl (C=O) groups excluding carboxylic acids is 1. The third kappa shape index (κ3) is 2.94. The minimum absolute atomic E-state index is 0.138. The molecule has 1 N–H and O–H groups in total. The van der Waals surface area contributed by atoms with Gasteiger partial charge in [-0.15, -0.1) is 0 Å². The summed E-state index contributed by atoms with van der Waals surface area (Å²) in [5, 5.41) is 8.39. The molecule has 0 saturated carbocycles. The number of hydrogen-bond donors (Lipinski definition) is 1. The van der Waals surface area contributed by atoms with E-state index in [1.807, 2.05) is 18.2 Å². The summed E-state index contributed by atoms with van der Waals surface area (Å²) >= 11 is 0. The summed E-state index contributed by atoms with van der Waals surface area (Å²) in [6.45, 7) is 0. The van der Waals surface area contributed by atoms with Crippen LogP contribution in [0.3, 0.4) is 0 Å². The van der Waals surface area contributed by atoms with Gasteiger partial charge in [0.05, 0.1) is 13.4 Å². The van der Waals surface area contributed by atoms with Crippen molar-refractivity contribution in [3.05, 3.63) is 42.2 Å². The SMILES string of the molecule is COc1cccc(CC(=O)C=CO)c1. The van der Waals surface area contributed by atoms with Gasteiger partial charge in [0.25, 0.3) is 0 Å². The monoisotopic (exact) mass is 192 g/mol. The van der Waals surface area contributed by atoms with E-state index >= 15 is 0 Å². The zero-order valence-electron chi connectivity index (χ0n) is 7.93. The number of rotatable bonds is 4. The number of carbonyl (C=O) groups is 1. The molecule has 1 aromatic carbocycles. The van der Waals surface area contributed by atoms with Crippen LogP contribution in [-0.4, -0.2) is 18.0 Å². The van der Waals surface area contributed by atoms with Gasteiger partial charge in [-0.3, -0.25) is 4.79 Å². The first-order valence-electron chi connectivity index (χ1n) is 4.23. The van der Waals surface area contributed by atoms with Crippen molar-refractivity contribution < 1.29 is 14.6 Å². The quantitative estimate of drug-likeness (QED) is 0.585. The second-order valence-electron chi connectivity index (χ2n) is 2.81. The Bertz CT molecular complexity index is 342. The third-order valence-corrected chi connectivity index (χ3v) is 1.77. The number of ketones is 1. The minimum Gasteiger partial charge on any atom is -0.515 e. The van der Waals surface area contributed by atoms with E-state index in [-0.39, 0.29) is 12.2 Å². The maximum absolute atomic E-state index is 11.1. The predicted molar refractivity (Wildman–Crippen MR) is 53.5 cm³/mol. The molecule has 0 heterocycles. The zero-order chi connectivity index (χ0) is 10.4. The fraction of sp³-hybridized carbons (Fsp3) is 0.182. The van der Waals surface area contributed by atoms with Crippen LogP contribution in [0.15, 0.2) is 36.6 Å². The molecule has 0 amide bonds. The highest BCUT2D eigenvalue weighted by Gasteiger charge is 2.00. The average Bonchev–Trinajstić information content (AvgIpc) is 2.18. The van der Waals surface area contributed by atoms with E-state index in [2.05, 4.69) is 0 Å². The topological polar surface area (TPSA) is 46.5 Å². The highest BCUT2D eigenvalue weighted by Crippen LogP contribution is 2.13. The van der Waals surface area contributed by atoms with E-state index in [1.165, 1.54) is 0 Å². The summed E-state index contributed by atoms with van der Waals surface area (Å²) in [4.78, 5) is 11.1. The molecule has 0 bridgehead atoms. The van der Waals surface area contributed by atoms with E-state index in [1.54, 1.807) is 13.2 Å². The summed E-state index contributed by atoms with van der Waals surface area (Å²) in [6.07, 6.45) is 2.16. The predicted octanol–water partition coefficient (Wildman–Crippen LogP) is 1.88. The summed E-state index contributed by atoms with van der Waals surface area (Å²) in [5.41, 5.74) is 0.868. The van der Waals surface area contributed by atoms with Gasteiger partial charge in [-0.2, -0.15) is 0 Å². The molecule has 0 fully saturated rings. The molecule has 14 heavy (non-hydrogen) atoms. The van der Waals surface area contributed by atoms with Crippen LogP contribution in [0.4, 0.5) is 0 Å². The molecule has 3 nitrogen and oxygen atoms in total. The maximum atomic E-state index is 11.1. The smallest absolute Gasteiger partial charge is 0.163 e. The summed E-state index contributed by atoms with van der Waals surface area (Å²) in [5.74, 6) is 0.587. The summed E-state index contributed by atoms with van der Waals surface area (Å²) in [6, 6.07) is 7.27. The lowest BCUT2D eigenvalue weighted by Gasteiger charge is -2.01. The minimum atomic E-state index is -0.138. The number of ether oxygens (including phenoxy) is 1. The molecule has 0 unspecified atom stereocenters. The van der Waals surface area contributed by atoms with Crippen LogP contribution in [0, 0.1) is 0 Å². The highest BCUT2D eigenvalue weighted by atomic mass is 16.5. The van der Waals surface area contributed by atoms with Crippen molar-refractivity contribution in [3.8, 4) is 5.75 Å². The molecule has 0 saturated heterocycles. The van der Waals surface area contributed by atoms with Gasteiger partial charge in [-0.25, -0.2) is 0 Å². The maximum Gasteiger partial charge on any atom is 0.163 e. The van der Waals surface area contributed by atoms with Crippen molar-refractivity contribution in [1.82, 2.24) is 0 Å². The first-order chi connectivity index (χ1) is 6.76. The Morgan fingerprint density at radius 1 is 1.57 bits per heavy atom. The molecule has 1 aromatic rings. The Hall–Kier alpha value is -1.77. The standard InChI is InChI=1S/C11H12O3/c1-14-11-4-2-3-9(8-11)7-10(13)5-6-12/h2-6,8,12H,7H2,1H3. The van der Waals surface area contributed by atoms with E-state index in [9.17, 15) is 4.79 Å². The lowest BCUT2D eigenvalue weighted by atomic mass is 10.1. The number of aliphatic hydroxyl groups excluding tert-OH is 1. The molecule has 0 aliphatic rings. The lowest BCUT2D eigenvalue weighted by molar-refractivity contribution is -0.114.